The van der Waals surface area contributed by atoms with E-state index >= 15 is 0 Å². The highest BCUT2D eigenvalue weighted by atomic mass is 32.1. The molecule has 0 amide bonds. The molecule has 5 heteroatoms. The molecule has 3 aromatic heterocycles. The Balaban J connectivity index is 1.15. The number of thiophene rings is 1. The number of hydrogen-bond acceptors (Lipinski definition) is 5. The van der Waals surface area contributed by atoms with Crippen LogP contribution in [0.3, 0.4) is 0 Å². The van der Waals surface area contributed by atoms with Crippen molar-refractivity contribution in [1.29, 1.82) is 0 Å². The minimum atomic E-state index is -0.286. The minimum absolute atomic E-state index is 0.0206. The number of furan rings is 1. The zero-order chi connectivity index (χ0) is 43.6. The largest absolute Gasteiger partial charge is 0.453 e. The first-order valence-electron chi connectivity index (χ1n) is 21.8. The Kier molecular flexibility index (Phi) is 6.87. The maximum atomic E-state index is 9.78. The predicted molar refractivity (Wildman–Crippen MR) is 241 cm³/mol. The molecule has 0 atom stereocenters. The van der Waals surface area contributed by atoms with Gasteiger partial charge >= 0.3 is 0 Å². The van der Waals surface area contributed by atoms with E-state index in [4.69, 9.17) is 22.1 Å². The zero-order valence-electron chi connectivity index (χ0n) is 36.7. The molecule has 8 aromatic carbocycles. The Labute approximate surface area is 347 Å². The summed E-state index contributed by atoms with van der Waals surface area (Å²) in [5.41, 5.74) is 8.10. The van der Waals surface area contributed by atoms with Crippen molar-refractivity contribution in [3.8, 4) is 78.9 Å². The fourth-order valence-corrected chi connectivity index (χ4v) is 8.42. The minimum Gasteiger partial charge on any atom is -0.453 e. The van der Waals surface area contributed by atoms with E-state index in [1.807, 2.05) is 158 Å². The van der Waals surface area contributed by atoms with Gasteiger partial charge in [-0.05, 0) is 86.9 Å². The van der Waals surface area contributed by atoms with Crippen molar-refractivity contribution in [3.05, 3.63) is 200 Å². The fraction of sp³-hybridized carbons (Fsp3) is 0. The smallest absolute Gasteiger partial charge is 0.199 e. The second-order valence-corrected chi connectivity index (χ2v) is 15.0. The van der Waals surface area contributed by atoms with Gasteiger partial charge in [-0.25, -0.2) is 15.0 Å². The highest BCUT2D eigenvalue weighted by molar-refractivity contribution is 7.26. The Morgan fingerprint density at radius 1 is 0.431 bits per heavy atom. The van der Waals surface area contributed by atoms with Crippen molar-refractivity contribution in [2.75, 3.05) is 0 Å². The Hall–Kier alpha value is -7.47. The molecular formula is C53H33N3OS. The molecule has 11 rings (SSSR count). The lowest BCUT2D eigenvalue weighted by molar-refractivity contribution is 0.625. The van der Waals surface area contributed by atoms with Crippen LogP contribution in [0, 0.1) is 0 Å². The summed E-state index contributed by atoms with van der Waals surface area (Å²) in [6, 6.07) is 51.9. The zero-order valence-corrected chi connectivity index (χ0v) is 31.6. The molecule has 11 aromatic rings. The normalized spacial score (nSPS) is 12.9. The van der Waals surface area contributed by atoms with Gasteiger partial charge in [0.05, 0.1) is 8.22 Å². The van der Waals surface area contributed by atoms with Crippen LogP contribution in [-0.2, 0) is 0 Å². The van der Waals surface area contributed by atoms with Gasteiger partial charge in [0, 0.05) is 36.7 Å². The molecule has 0 unspecified atom stereocenters. The number of nitrogens with zero attached hydrogens (tertiary/aromatic N) is 3. The summed E-state index contributed by atoms with van der Waals surface area (Å²) < 4.78 is 63.5. The van der Waals surface area contributed by atoms with Gasteiger partial charge in [0.15, 0.2) is 23.2 Å². The standard InChI is InChI=1S/C53H33N3OS/c1-4-13-34(14-5-1)37-23-25-38(26-24-37)51-54-52(56-53(55-51)47-32-39-19-10-11-21-46(39)57-47)40-27-28-45-49(33-40)58-48-22-12-20-44(50(45)48)43-30-41(35-15-6-2-7-16-35)29-42(31-43)36-17-8-3-9-18-36/h1-33H/i12D,20D,22D,27D,28D,33D. The molecule has 0 N–H and O–H groups in total. The molecule has 0 saturated carbocycles. The van der Waals surface area contributed by atoms with Crippen LogP contribution in [0.15, 0.2) is 204 Å². The quantitative estimate of drug-likeness (QED) is 0.162. The lowest BCUT2D eigenvalue weighted by atomic mass is 9.91. The number of hydrogen-bond donors (Lipinski definition) is 0. The van der Waals surface area contributed by atoms with E-state index in [9.17, 15) is 5.48 Å². The molecule has 0 fully saturated rings. The first kappa shape index (κ1) is 28.0. The van der Waals surface area contributed by atoms with Crippen LogP contribution in [0.25, 0.3) is 110 Å². The molecule has 3 heterocycles. The summed E-state index contributed by atoms with van der Waals surface area (Å²) in [6.45, 7) is 0. The van der Waals surface area contributed by atoms with E-state index in [1.54, 1.807) is 0 Å². The van der Waals surface area contributed by atoms with Crippen LogP contribution in [0.1, 0.15) is 8.22 Å². The fourth-order valence-electron chi connectivity index (χ4n) is 7.40. The van der Waals surface area contributed by atoms with Crippen LogP contribution >= 0.6 is 11.3 Å². The number of fused-ring (bicyclic) bond motifs is 4. The number of para-hydroxylation sites is 1. The van der Waals surface area contributed by atoms with Gasteiger partial charge in [0.1, 0.15) is 5.58 Å². The van der Waals surface area contributed by atoms with Crippen molar-refractivity contribution in [3.63, 3.8) is 0 Å². The van der Waals surface area contributed by atoms with E-state index in [1.165, 1.54) is 0 Å². The van der Waals surface area contributed by atoms with Gasteiger partial charge in [-0.15, -0.1) is 11.3 Å². The van der Waals surface area contributed by atoms with Crippen molar-refractivity contribution in [1.82, 2.24) is 15.0 Å². The van der Waals surface area contributed by atoms with Crippen LogP contribution in [0.2, 0.25) is 0 Å². The third-order valence-electron chi connectivity index (χ3n) is 10.3. The summed E-state index contributed by atoms with van der Waals surface area (Å²) >= 11 is 1.11. The molecule has 0 aliphatic rings. The van der Waals surface area contributed by atoms with E-state index in [-0.39, 0.29) is 58.9 Å². The molecule has 0 bridgehead atoms. The van der Waals surface area contributed by atoms with Crippen molar-refractivity contribution in [2.24, 2.45) is 0 Å². The summed E-state index contributed by atoms with van der Waals surface area (Å²) in [5, 5.41) is 1.52. The van der Waals surface area contributed by atoms with Crippen molar-refractivity contribution < 1.29 is 12.6 Å². The Bertz CT molecular complexity index is 3520. The topological polar surface area (TPSA) is 51.8 Å². The molecular weight excluding hydrogens is 727 g/mol. The van der Waals surface area contributed by atoms with E-state index in [2.05, 4.69) is 6.07 Å². The van der Waals surface area contributed by atoms with Gasteiger partial charge in [0.25, 0.3) is 0 Å². The second-order valence-electron chi connectivity index (χ2n) is 13.9. The van der Waals surface area contributed by atoms with E-state index in [0.717, 1.165) is 50.1 Å². The van der Waals surface area contributed by atoms with Crippen LogP contribution in [0.5, 0.6) is 0 Å². The molecule has 0 aliphatic carbocycles. The third-order valence-corrected chi connectivity index (χ3v) is 11.3. The monoisotopic (exact) mass is 765 g/mol. The van der Waals surface area contributed by atoms with Crippen molar-refractivity contribution in [2.45, 2.75) is 0 Å². The summed E-state index contributed by atoms with van der Waals surface area (Å²) in [5.74, 6) is 0.891. The second kappa shape index (κ2) is 14.2. The molecule has 272 valence electrons. The lowest BCUT2D eigenvalue weighted by Crippen LogP contribution is -1.99. The summed E-state index contributed by atoms with van der Waals surface area (Å²) in [4.78, 5) is 14.6. The molecule has 0 aliphatic heterocycles. The lowest BCUT2D eigenvalue weighted by Gasteiger charge is -2.12. The summed E-state index contributed by atoms with van der Waals surface area (Å²) in [7, 11) is 0. The summed E-state index contributed by atoms with van der Waals surface area (Å²) in [6.07, 6.45) is 0. The number of rotatable bonds is 7. The first-order chi connectivity index (χ1) is 31.2. The van der Waals surface area contributed by atoms with Gasteiger partial charge in [-0.3, -0.25) is 0 Å². The molecule has 4 nitrogen and oxygen atoms in total. The van der Waals surface area contributed by atoms with Crippen LogP contribution in [0.4, 0.5) is 0 Å². The molecule has 0 radical (unpaired) electrons. The first-order valence-corrected chi connectivity index (χ1v) is 19.7. The maximum absolute atomic E-state index is 9.78. The van der Waals surface area contributed by atoms with Gasteiger partial charge in [-0.2, -0.15) is 0 Å². The SMILES string of the molecule is [2H]c1c([2H])c(-c2cc(-c3ccccc3)cc(-c3ccccc3)c2)c2c(sc3c([2H])c(-c4nc(-c5ccc(-c6ccccc6)cc5)nc(-c5cc6ccccc6o5)n4)c([2H])c([2H])c32)c1[2H]. The molecule has 58 heavy (non-hydrogen) atoms. The Morgan fingerprint density at radius 2 is 0.983 bits per heavy atom. The van der Waals surface area contributed by atoms with Crippen LogP contribution < -0.4 is 0 Å². The van der Waals surface area contributed by atoms with Crippen molar-refractivity contribution >= 4 is 42.5 Å². The molecule has 0 spiro atoms. The average molecular weight is 766 g/mol. The van der Waals surface area contributed by atoms with Gasteiger partial charge in [-0.1, -0.05) is 158 Å². The van der Waals surface area contributed by atoms with Gasteiger partial charge in [0.2, 0.25) is 0 Å². The maximum Gasteiger partial charge on any atom is 0.199 e. The van der Waals surface area contributed by atoms with Gasteiger partial charge < -0.3 is 4.42 Å². The Morgan fingerprint density at radius 3 is 1.66 bits per heavy atom. The molecule has 0 saturated heterocycles. The van der Waals surface area contributed by atoms with E-state index in [0.29, 0.717) is 48.6 Å². The number of aromatic nitrogens is 3. The number of benzene rings is 8. The highest BCUT2D eigenvalue weighted by Gasteiger charge is 2.18. The van der Waals surface area contributed by atoms with E-state index < -0.39 is 0 Å². The predicted octanol–water partition coefficient (Wildman–Crippen LogP) is 14.7. The highest BCUT2D eigenvalue weighted by Crippen LogP contribution is 2.43. The third kappa shape index (κ3) is 6.24. The van der Waals surface area contributed by atoms with Crippen LogP contribution in [-0.4, -0.2) is 15.0 Å². The average Bonchev–Trinajstić information content (AvgIpc) is 3.97.